The number of nitrogens with zero attached hydrogens (tertiary/aromatic N) is 3. The molecule has 1 aliphatic rings. The highest BCUT2D eigenvalue weighted by Crippen LogP contribution is 2.26. The minimum Gasteiger partial charge on any atom is -0.377 e. The molecule has 0 aliphatic heterocycles. The molecule has 2 rings (SSSR count). The van der Waals surface area contributed by atoms with Crippen molar-refractivity contribution in [2.45, 2.75) is 32.2 Å². The lowest BCUT2D eigenvalue weighted by molar-refractivity contribution is 0.269. The number of hydrogen-bond acceptors (Lipinski definition) is 5. The molecule has 1 aliphatic carbocycles. The normalized spacial score (nSPS) is 17.2. The van der Waals surface area contributed by atoms with Gasteiger partial charge in [0.1, 0.15) is 10.7 Å². The van der Waals surface area contributed by atoms with E-state index in [0.717, 1.165) is 23.2 Å². The highest BCUT2D eigenvalue weighted by atomic mass is 32.1. The summed E-state index contributed by atoms with van der Waals surface area (Å²) in [4.78, 5) is 2.37. The molecule has 1 aromatic rings. The van der Waals surface area contributed by atoms with E-state index < -0.39 is 0 Å². The van der Waals surface area contributed by atoms with Gasteiger partial charge in [0.15, 0.2) is 0 Å². The highest BCUT2D eigenvalue weighted by molar-refractivity contribution is 7.10. The summed E-state index contributed by atoms with van der Waals surface area (Å²) in [5, 5.41) is 8.40. The maximum Gasteiger partial charge on any atom is 0.134 e. The SMILES string of the molecule is CNc1snnc1CN(C)CC1CCCC1. The molecule has 90 valence electrons. The molecular weight excluding hydrogens is 220 g/mol. The van der Waals surface area contributed by atoms with Gasteiger partial charge in [-0.2, -0.15) is 0 Å². The Hall–Kier alpha value is -0.680. The number of nitrogens with one attached hydrogen (secondary N) is 1. The van der Waals surface area contributed by atoms with Crippen molar-refractivity contribution in [2.24, 2.45) is 5.92 Å². The summed E-state index contributed by atoms with van der Waals surface area (Å²) in [5.74, 6) is 0.898. The van der Waals surface area contributed by atoms with Crippen molar-refractivity contribution in [3.05, 3.63) is 5.69 Å². The Kier molecular flexibility index (Phi) is 4.12. The first-order valence-electron chi connectivity index (χ1n) is 5.97. The Bertz CT molecular complexity index is 320. The van der Waals surface area contributed by atoms with Gasteiger partial charge in [-0.15, -0.1) is 5.10 Å². The Morgan fingerprint density at radius 1 is 1.44 bits per heavy atom. The summed E-state index contributed by atoms with van der Waals surface area (Å²) >= 11 is 1.44. The Balaban J connectivity index is 1.84. The van der Waals surface area contributed by atoms with Crippen molar-refractivity contribution < 1.29 is 0 Å². The van der Waals surface area contributed by atoms with Crippen LogP contribution in [-0.2, 0) is 6.54 Å². The average Bonchev–Trinajstić information content (AvgIpc) is 2.88. The molecule has 16 heavy (non-hydrogen) atoms. The quantitative estimate of drug-likeness (QED) is 0.856. The highest BCUT2D eigenvalue weighted by Gasteiger charge is 2.18. The van der Waals surface area contributed by atoms with E-state index in [1.165, 1.54) is 43.8 Å². The average molecular weight is 240 g/mol. The van der Waals surface area contributed by atoms with Gasteiger partial charge in [-0.1, -0.05) is 17.3 Å². The van der Waals surface area contributed by atoms with E-state index >= 15 is 0 Å². The van der Waals surface area contributed by atoms with Gasteiger partial charge in [-0.05, 0) is 25.8 Å². The van der Waals surface area contributed by atoms with Crippen molar-refractivity contribution in [3.63, 3.8) is 0 Å². The van der Waals surface area contributed by atoms with E-state index in [2.05, 4.69) is 26.9 Å². The molecule has 0 unspecified atom stereocenters. The predicted octanol–water partition coefficient (Wildman–Crippen LogP) is 2.20. The van der Waals surface area contributed by atoms with Gasteiger partial charge in [0.05, 0.1) is 0 Å². The number of aromatic nitrogens is 2. The van der Waals surface area contributed by atoms with Crippen LogP contribution < -0.4 is 5.32 Å². The van der Waals surface area contributed by atoms with Gasteiger partial charge in [0.2, 0.25) is 0 Å². The molecule has 0 radical (unpaired) electrons. The van der Waals surface area contributed by atoms with Crippen molar-refractivity contribution in [2.75, 3.05) is 26.0 Å². The van der Waals surface area contributed by atoms with Crippen molar-refractivity contribution in [3.8, 4) is 0 Å². The second kappa shape index (κ2) is 5.59. The zero-order valence-corrected chi connectivity index (χ0v) is 10.9. The summed E-state index contributed by atoms with van der Waals surface area (Å²) in [6, 6.07) is 0. The third-order valence-corrected chi connectivity index (χ3v) is 4.03. The fraction of sp³-hybridized carbons (Fsp3) is 0.818. The molecule has 4 nitrogen and oxygen atoms in total. The van der Waals surface area contributed by atoms with Crippen LogP contribution in [0.25, 0.3) is 0 Å². The van der Waals surface area contributed by atoms with E-state index in [-0.39, 0.29) is 0 Å². The standard InChI is InChI=1S/C11H20N4S/c1-12-11-10(13-14-16-11)8-15(2)7-9-5-3-4-6-9/h9,12H,3-8H2,1-2H3. The predicted molar refractivity (Wildman–Crippen MR) is 67.7 cm³/mol. The summed E-state index contributed by atoms with van der Waals surface area (Å²) in [7, 11) is 4.10. The van der Waals surface area contributed by atoms with Crippen LogP contribution in [0.3, 0.4) is 0 Å². The minimum absolute atomic E-state index is 0.898. The lowest BCUT2D eigenvalue weighted by Gasteiger charge is -2.19. The molecule has 0 aromatic carbocycles. The number of hydrogen-bond donors (Lipinski definition) is 1. The first-order chi connectivity index (χ1) is 7.79. The van der Waals surface area contributed by atoms with Gasteiger partial charge < -0.3 is 10.2 Å². The van der Waals surface area contributed by atoms with Crippen molar-refractivity contribution in [1.29, 1.82) is 0 Å². The third kappa shape index (κ3) is 2.92. The van der Waals surface area contributed by atoms with Crippen LogP contribution in [0, 0.1) is 5.92 Å². The van der Waals surface area contributed by atoms with Crippen LogP contribution in [-0.4, -0.2) is 35.1 Å². The van der Waals surface area contributed by atoms with Gasteiger partial charge >= 0.3 is 0 Å². The summed E-state index contributed by atoms with van der Waals surface area (Å²) in [6.07, 6.45) is 5.63. The summed E-state index contributed by atoms with van der Waals surface area (Å²) in [6.45, 7) is 2.10. The molecule has 0 bridgehead atoms. The first kappa shape index (κ1) is 11.8. The second-order valence-corrected chi connectivity index (χ2v) is 5.40. The van der Waals surface area contributed by atoms with E-state index in [9.17, 15) is 0 Å². The molecule has 0 spiro atoms. The van der Waals surface area contributed by atoms with E-state index in [4.69, 9.17) is 0 Å². The summed E-state index contributed by atoms with van der Waals surface area (Å²) < 4.78 is 3.98. The lowest BCUT2D eigenvalue weighted by atomic mass is 10.1. The molecule has 1 N–H and O–H groups in total. The topological polar surface area (TPSA) is 41.1 Å². The first-order valence-corrected chi connectivity index (χ1v) is 6.74. The maximum absolute atomic E-state index is 4.17. The fourth-order valence-electron chi connectivity index (χ4n) is 2.46. The van der Waals surface area contributed by atoms with Crippen LogP contribution >= 0.6 is 11.5 Å². The van der Waals surface area contributed by atoms with E-state index in [1.807, 2.05) is 7.05 Å². The van der Waals surface area contributed by atoms with Gasteiger partial charge in [0, 0.05) is 31.7 Å². The van der Waals surface area contributed by atoms with Crippen molar-refractivity contribution in [1.82, 2.24) is 14.5 Å². The molecule has 1 saturated carbocycles. The third-order valence-electron chi connectivity index (χ3n) is 3.25. The molecule has 1 aromatic heterocycles. The Labute approximate surface area is 101 Å². The van der Waals surface area contributed by atoms with E-state index in [1.54, 1.807) is 0 Å². The zero-order chi connectivity index (χ0) is 11.4. The van der Waals surface area contributed by atoms with Crippen LogP contribution in [0.1, 0.15) is 31.4 Å². The lowest BCUT2D eigenvalue weighted by Crippen LogP contribution is -2.24. The molecule has 5 heteroatoms. The number of rotatable bonds is 5. The molecule has 0 atom stereocenters. The van der Waals surface area contributed by atoms with Crippen LogP contribution in [0.5, 0.6) is 0 Å². The molecule has 1 heterocycles. The van der Waals surface area contributed by atoms with Crippen molar-refractivity contribution >= 4 is 16.5 Å². The second-order valence-electron chi connectivity index (χ2n) is 4.65. The fourth-order valence-corrected chi connectivity index (χ4v) is 2.98. The summed E-state index contributed by atoms with van der Waals surface area (Å²) in [5.41, 5.74) is 1.08. The largest absolute Gasteiger partial charge is 0.377 e. The number of anilines is 1. The van der Waals surface area contributed by atoms with Crippen LogP contribution in [0.2, 0.25) is 0 Å². The van der Waals surface area contributed by atoms with Gasteiger partial charge in [0.25, 0.3) is 0 Å². The smallest absolute Gasteiger partial charge is 0.134 e. The van der Waals surface area contributed by atoms with E-state index in [0.29, 0.717) is 0 Å². The van der Waals surface area contributed by atoms with Gasteiger partial charge in [-0.3, -0.25) is 0 Å². The van der Waals surface area contributed by atoms with Gasteiger partial charge in [-0.25, -0.2) is 0 Å². The van der Waals surface area contributed by atoms with Crippen LogP contribution in [0.15, 0.2) is 0 Å². The zero-order valence-electron chi connectivity index (χ0n) is 10.1. The Morgan fingerprint density at radius 2 is 2.19 bits per heavy atom. The Morgan fingerprint density at radius 3 is 2.88 bits per heavy atom. The minimum atomic E-state index is 0.898. The molecule has 0 amide bonds. The molecule has 0 saturated heterocycles. The molecular formula is C11H20N4S. The maximum atomic E-state index is 4.17. The van der Waals surface area contributed by atoms with Crippen LogP contribution in [0.4, 0.5) is 5.00 Å². The monoisotopic (exact) mass is 240 g/mol. The molecule has 1 fully saturated rings.